The van der Waals surface area contributed by atoms with Gasteiger partial charge in [0.05, 0.1) is 17.8 Å². The number of carbonyl (C=O) groups is 1. The third-order valence-corrected chi connectivity index (χ3v) is 5.23. The highest BCUT2D eigenvalue weighted by molar-refractivity contribution is 7.09. The van der Waals surface area contributed by atoms with Crippen LogP contribution in [0.15, 0.2) is 23.7 Å². The fourth-order valence-electron chi connectivity index (χ4n) is 2.85. The molecule has 0 spiro atoms. The number of likely N-dealkylation sites (tertiary alicyclic amines) is 1. The summed E-state index contributed by atoms with van der Waals surface area (Å²) in [4.78, 5) is 23.5. The van der Waals surface area contributed by atoms with Crippen LogP contribution >= 0.6 is 11.3 Å². The molecule has 1 amide bonds. The lowest BCUT2D eigenvalue weighted by Gasteiger charge is -2.31. The van der Waals surface area contributed by atoms with E-state index in [0.29, 0.717) is 23.9 Å². The van der Waals surface area contributed by atoms with Crippen LogP contribution in [0.5, 0.6) is 5.75 Å². The summed E-state index contributed by atoms with van der Waals surface area (Å²) in [6.45, 7) is 3.61. The average molecular weight is 331 g/mol. The Kier molecular flexibility index (Phi) is 4.91. The van der Waals surface area contributed by atoms with Crippen molar-refractivity contribution in [1.82, 2.24) is 14.9 Å². The first-order valence-electron chi connectivity index (χ1n) is 7.95. The standard InChI is InChI=1S/C17H21N3O2S/c1-3-13-11-23-16(19-13)12-5-4-8-20(10-12)17(21)15-9-14(22-2)6-7-18-15/h6-7,9,11-12H,3-5,8,10H2,1-2H3/t12-/m0/s1. The molecule has 3 rings (SSSR count). The van der Waals surface area contributed by atoms with Gasteiger partial charge in [0.15, 0.2) is 0 Å². The van der Waals surface area contributed by atoms with Crippen LogP contribution in [-0.2, 0) is 6.42 Å². The van der Waals surface area contributed by atoms with Crippen LogP contribution in [0, 0.1) is 0 Å². The Morgan fingerprint density at radius 1 is 1.52 bits per heavy atom. The number of hydrogen-bond acceptors (Lipinski definition) is 5. The molecule has 1 aliphatic heterocycles. The van der Waals surface area contributed by atoms with Crippen molar-refractivity contribution in [2.75, 3.05) is 20.2 Å². The smallest absolute Gasteiger partial charge is 0.272 e. The second-order valence-corrected chi connectivity index (χ2v) is 6.59. The number of pyridine rings is 1. The molecule has 0 aliphatic carbocycles. The van der Waals surface area contributed by atoms with Gasteiger partial charge >= 0.3 is 0 Å². The molecule has 1 aliphatic rings. The average Bonchev–Trinajstić information content (AvgIpc) is 3.10. The molecule has 1 fully saturated rings. The van der Waals surface area contributed by atoms with Gasteiger partial charge in [-0.15, -0.1) is 11.3 Å². The maximum atomic E-state index is 12.7. The Hall–Kier alpha value is -1.95. The first kappa shape index (κ1) is 15.9. The Labute approximate surface area is 140 Å². The summed E-state index contributed by atoms with van der Waals surface area (Å²) in [7, 11) is 1.59. The monoisotopic (exact) mass is 331 g/mol. The minimum atomic E-state index is -0.0270. The summed E-state index contributed by atoms with van der Waals surface area (Å²) < 4.78 is 5.18. The fraction of sp³-hybridized carbons (Fsp3) is 0.471. The van der Waals surface area contributed by atoms with E-state index in [-0.39, 0.29) is 5.91 Å². The van der Waals surface area contributed by atoms with Crippen molar-refractivity contribution in [2.24, 2.45) is 0 Å². The molecule has 2 aromatic rings. The third kappa shape index (κ3) is 3.52. The predicted molar refractivity (Wildman–Crippen MR) is 90.2 cm³/mol. The Balaban J connectivity index is 1.73. The van der Waals surface area contributed by atoms with E-state index < -0.39 is 0 Å². The zero-order valence-corrected chi connectivity index (χ0v) is 14.3. The van der Waals surface area contributed by atoms with Crippen LogP contribution in [0.25, 0.3) is 0 Å². The molecule has 1 atom stereocenters. The van der Waals surface area contributed by atoms with Gasteiger partial charge < -0.3 is 9.64 Å². The number of aromatic nitrogens is 2. The van der Waals surface area contributed by atoms with Crippen molar-refractivity contribution in [3.63, 3.8) is 0 Å². The number of rotatable bonds is 4. The summed E-state index contributed by atoms with van der Waals surface area (Å²) in [5, 5.41) is 3.28. The largest absolute Gasteiger partial charge is 0.497 e. The van der Waals surface area contributed by atoms with Gasteiger partial charge in [0.1, 0.15) is 11.4 Å². The van der Waals surface area contributed by atoms with Crippen LogP contribution in [0.1, 0.15) is 46.9 Å². The van der Waals surface area contributed by atoms with Crippen LogP contribution in [0.2, 0.25) is 0 Å². The summed E-state index contributed by atoms with van der Waals surface area (Å²) in [6, 6.07) is 3.45. The molecule has 0 saturated carbocycles. The van der Waals surface area contributed by atoms with Crippen molar-refractivity contribution in [1.29, 1.82) is 0 Å². The van der Waals surface area contributed by atoms with E-state index in [1.54, 1.807) is 36.8 Å². The Morgan fingerprint density at radius 2 is 2.39 bits per heavy atom. The molecule has 0 radical (unpaired) electrons. The molecule has 6 heteroatoms. The first-order valence-corrected chi connectivity index (χ1v) is 8.82. The summed E-state index contributed by atoms with van der Waals surface area (Å²) in [5.41, 5.74) is 1.58. The Morgan fingerprint density at radius 3 is 3.13 bits per heavy atom. The van der Waals surface area contributed by atoms with Crippen molar-refractivity contribution >= 4 is 17.2 Å². The molecule has 1 saturated heterocycles. The molecule has 2 aromatic heterocycles. The van der Waals surface area contributed by atoms with E-state index >= 15 is 0 Å². The van der Waals surface area contributed by atoms with E-state index in [1.807, 2.05) is 4.90 Å². The van der Waals surface area contributed by atoms with Crippen molar-refractivity contribution in [3.8, 4) is 5.75 Å². The molecule has 0 N–H and O–H groups in total. The molecule has 5 nitrogen and oxygen atoms in total. The highest BCUT2D eigenvalue weighted by Gasteiger charge is 2.27. The van der Waals surface area contributed by atoms with E-state index in [0.717, 1.165) is 36.5 Å². The second kappa shape index (κ2) is 7.08. The van der Waals surface area contributed by atoms with Gasteiger partial charge in [0.25, 0.3) is 5.91 Å². The van der Waals surface area contributed by atoms with Gasteiger partial charge in [0.2, 0.25) is 0 Å². The van der Waals surface area contributed by atoms with Gasteiger partial charge in [-0.2, -0.15) is 0 Å². The maximum Gasteiger partial charge on any atom is 0.272 e. The lowest BCUT2D eigenvalue weighted by Crippen LogP contribution is -2.39. The molecule has 23 heavy (non-hydrogen) atoms. The van der Waals surface area contributed by atoms with E-state index in [9.17, 15) is 4.79 Å². The summed E-state index contributed by atoms with van der Waals surface area (Å²) in [5.74, 6) is 0.967. The molecule has 0 aromatic carbocycles. The van der Waals surface area contributed by atoms with Crippen LogP contribution in [0.3, 0.4) is 0 Å². The van der Waals surface area contributed by atoms with Gasteiger partial charge in [-0.25, -0.2) is 4.98 Å². The molecular weight excluding hydrogens is 310 g/mol. The number of ether oxygens (including phenoxy) is 1. The minimum Gasteiger partial charge on any atom is -0.497 e. The quantitative estimate of drug-likeness (QED) is 0.864. The van der Waals surface area contributed by atoms with Crippen LogP contribution in [-0.4, -0.2) is 41.0 Å². The zero-order valence-electron chi connectivity index (χ0n) is 13.5. The number of nitrogens with zero attached hydrogens (tertiary/aromatic N) is 3. The van der Waals surface area contributed by atoms with Gasteiger partial charge in [-0.3, -0.25) is 9.78 Å². The second-order valence-electron chi connectivity index (χ2n) is 5.70. The zero-order chi connectivity index (χ0) is 16.2. The fourth-order valence-corrected chi connectivity index (χ4v) is 3.88. The highest BCUT2D eigenvalue weighted by Crippen LogP contribution is 2.30. The van der Waals surface area contributed by atoms with Crippen LogP contribution in [0.4, 0.5) is 0 Å². The molecule has 0 unspecified atom stereocenters. The number of carbonyl (C=O) groups excluding carboxylic acids is 1. The van der Waals surface area contributed by atoms with Gasteiger partial charge in [0, 0.05) is 36.7 Å². The van der Waals surface area contributed by atoms with Gasteiger partial charge in [-0.05, 0) is 25.3 Å². The van der Waals surface area contributed by atoms with E-state index in [1.165, 1.54) is 0 Å². The van der Waals surface area contributed by atoms with Crippen molar-refractivity contribution in [2.45, 2.75) is 32.1 Å². The molecular formula is C17H21N3O2S. The van der Waals surface area contributed by atoms with Crippen molar-refractivity contribution in [3.05, 3.63) is 40.1 Å². The number of hydrogen-bond donors (Lipinski definition) is 0. The third-order valence-electron chi connectivity index (χ3n) is 4.18. The highest BCUT2D eigenvalue weighted by atomic mass is 32.1. The molecule has 122 valence electrons. The summed E-state index contributed by atoms with van der Waals surface area (Å²) >= 11 is 1.71. The number of piperidine rings is 1. The lowest BCUT2D eigenvalue weighted by molar-refractivity contribution is 0.0700. The first-order chi connectivity index (χ1) is 11.2. The van der Waals surface area contributed by atoms with Gasteiger partial charge in [-0.1, -0.05) is 6.92 Å². The van der Waals surface area contributed by atoms with Crippen molar-refractivity contribution < 1.29 is 9.53 Å². The normalized spacial score (nSPS) is 18.0. The van der Waals surface area contributed by atoms with E-state index in [2.05, 4.69) is 17.3 Å². The number of aryl methyl sites for hydroxylation is 1. The minimum absolute atomic E-state index is 0.0270. The maximum absolute atomic E-state index is 12.7. The number of thiazole rings is 1. The van der Waals surface area contributed by atoms with E-state index in [4.69, 9.17) is 9.72 Å². The topological polar surface area (TPSA) is 55.3 Å². The lowest BCUT2D eigenvalue weighted by atomic mass is 9.98. The molecule has 0 bridgehead atoms. The number of amides is 1. The number of methoxy groups -OCH3 is 1. The Bertz CT molecular complexity index is 686. The van der Waals surface area contributed by atoms with Crippen LogP contribution < -0.4 is 4.74 Å². The summed E-state index contributed by atoms with van der Waals surface area (Å²) in [6.07, 6.45) is 4.66. The molecule has 3 heterocycles. The SMILES string of the molecule is CCc1csc([C@H]2CCCN(C(=O)c3cc(OC)ccn3)C2)n1. The predicted octanol–water partition coefficient (Wildman–Crippen LogP) is 3.13.